The molecule has 0 bridgehead atoms. The van der Waals surface area contributed by atoms with E-state index in [4.69, 9.17) is 4.74 Å². The molecule has 0 amide bonds. The summed E-state index contributed by atoms with van der Waals surface area (Å²) in [6.45, 7) is 2.80. The molecule has 0 saturated carbocycles. The fraction of sp³-hybridized carbons (Fsp3) is 0.714. The highest BCUT2D eigenvalue weighted by atomic mass is 16.7. The molecular weight excluding hydrogens is 218 g/mol. The Morgan fingerprint density at radius 3 is 2.75 bits per heavy atom. The molecule has 90 valence electrons. The molecule has 9 nitrogen and oxygen atoms in total. The molecule has 0 radical (unpaired) electrons. The summed E-state index contributed by atoms with van der Waals surface area (Å²) in [4.78, 5) is 22.9. The zero-order valence-electron chi connectivity index (χ0n) is 8.80. The molecule has 1 rings (SSSR count). The summed E-state index contributed by atoms with van der Waals surface area (Å²) in [7, 11) is 0. The Morgan fingerprint density at radius 1 is 1.62 bits per heavy atom. The molecule has 1 saturated heterocycles. The highest BCUT2D eigenvalue weighted by molar-refractivity contribution is 5.80. The highest BCUT2D eigenvalue weighted by Crippen LogP contribution is 1.91. The van der Waals surface area contributed by atoms with Gasteiger partial charge in [0.1, 0.15) is 5.10 Å². The maximum atomic E-state index is 11.1. The minimum atomic E-state index is -0.795. The number of esters is 1. The summed E-state index contributed by atoms with van der Waals surface area (Å²) in [5, 5.41) is 17.7. The fourth-order valence-corrected chi connectivity index (χ4v) is 1.15. The predicted octanol–water partition coefficient (Wildman–Crippen LogP) is -1.49. The van der Waals surface area contributed by atoms with Crippen LogP contribution in [-0.4, -0.2) is 48.4 Å². The minimum Gasteiger partial charge on any atom is -0.465 e. The number of hydrogen-bond acceptors (Lipinski definition) is 5. The van der Waals surface area contributed by atoms with Crippen LogP contribution in [0.4, 0.5) is 0 Å². The molecule has 0 spiro atoms. The second-order valence-electron chi connectivity index (χ2n) is 2.99. The fourth-order valence-electron chi connectivity index (χ4n) is 1.15. The van der Waals surface area contributed by atoms with Crippen molar-refractivity contribution < 1.29 is 14.6 Å². The number of rotatable bonds is 4. The Balaban J connectivity index is 2.32. The minimum absolute atomic E-state index is 0.0881. The Morgan fingerprint density at radius 2 is 2.25 bits per heavy atom. The average molecular weight is 231 g/mol. The first-order chi connectivity index (χ1) is 7.61. The molecule has 0 aromatic carbocycles. The standard InChI is InChI=1S/C7H13N5O4/c1-2-16-6(13)3-11-4-8-7(9-5-11)10-12(14)15/h2-5H2,1H3,(H2,8,9,10). The third-order valence-corrected chi connectivity index (χ3v) is 1.78. The van der Waals surface area contributed by atoms with Crippen molar-refractivity contribution in [1.82, 2.24) is 15.5 Å². The molecule has 1 aliphatic heterocycles. The highest BCUT2D eigenvalue weighted by Gasteiger charge is 2.18. The molecule has 0 atom stereocenters. The van der Waals surface area contributed by atoms with Gasteiger partial charge >= 0.3 is 5.97 Å². The second kappa shape index (κ2) is 5.85. The van der Waals surface area contributed by atoms with Gasteiger partial charge < -0.3 is 15.4 Å². The number of hydrazone groups is 1. The summed E-state index contributed by atoms with van der Waals surface area (Å²) in [5.41, 5.74) is 0. The van der Waals surface area contributed by atoms with Crippen molar-refractivity contribution in [2.45, 2.75) is 6.92 Å². The van der Waals surface area contributed by atoms with Gasteiger partial charge in [-0.2, -0.15) is 0 Å². The molecule has 2 N–H and O–H groups in total. The van der Waals surface area contributed by atoms with Gasteiger partial charge in [-0.05, 0) is 6.92 Å². The van der Waals surface area contributed by atoms with E-state index in [9.17, 15) is 14.9 Å². The van der Waals surface area contributed by atoms with E-state index in [0.29, 0.717) is 19.9 Å². The summed E-state index contributed by atoms with van der Waals surface area (Å²) >= 11 is 0. The number of carbonyl (C=O) groups excluding carboxylic acids is 1. The molecule has 0 aliphatic carbocycles. The summed E-state index contributed by atoms with van der Waals surface area (Å²) in [5.74, 6) is -0.245. The zero-order valence-corrected chi connectivity index (χ0v) is 8.80. The van der Waals surface area contributed by atoms with Crippen molar-refractivity contribution >= 4 is 11.9 Å². The van der Waals surface area contributed by atoms with E-state index in [2.05, 4.69) is 15.7 Å². The van der Waals surface area contributed by atoms with E-state index in [1.165, 1.54) is 0 Å². The predicted molar refractivity (Wildman–Crippen MR) is 53.8 cm³/mol. The van der Waals surface area contributed by atoms with E-state index in [-0.39, 0.29) is 18.5 Å². The van der Waals surface area contributed by atoms with Crippen LogP contribution in [0.15, 0.2) is 5.10 Å². The molecule has 0 unspecified atom stereocenters. The van der Waals surface area contributed by atoms with E-state index in [0.717, 1.165) is 0 Å². The monoisotopic (exact) mass is 231 g/mol. The third-order valence-electron chi connectivity index (χ3n) is 1.78. The quantitative estimate of drug-likeness (QED) is 0.344. The smallest absolute Gasteiger partial charge is 0.320 e. The molecule has 9 heteroatoms. The molecule has 0 aromatic rings. The van der Waals surface area contributed by atoms with Crippen molar-refractivity contribution in [2.24, 2.45) is 5.10 Å². The first-order valence-corrected chi connectivity index (χ1v) is 4.70. The zero-order chi connectivity index (χ0) is 12.0. The third kappa shape index (κ3) is 4.09. The van der Waals surface area contributed by atoms with Crippen LogP contribution >= 0.6 is 0 Å². The van der Waals surface area contributed by atoms with Crippen LogP contribution in [0.1, 0.15) is 6.92 Å². The summed E-state index contributed by atoms with van der Waals surface area (Å²) in [6.07, 6.45) is 0. The van der Waals surface area contributed by atoms with E-state index < -0.39 is 5.03 Å². The van der Waals surface area contributed by atoms with Crippen molar-refractivity contribution in [2.75, 3.05) is 26.5 Å². The van der Waals surface area contributed by atoms with Gasteiger partial charge in [0.05, 0.1) is 26.5 Å². The van der Waals surface area contributed by atoms with E-state index in [1.54, 1.807) is 11.8 Å². The van der Waals surface area contributed by atoms with Crippen LogP contribution in [-0.2, 0) is 9.53 Å². The number of hydrogen-bond donors (Lipinski definition) is 2. The van der Waals surface area contributed by atoms with Crippen LogP contribution in [0, 0.1) is 10.1 Å². The van der Waals surface area contributed by atoms with Gasteiger partial charge in [-0.1, -0.05) is 0 Å². The first kappa shape index (κ1) is 12.2. The lowest BCUT2D eigenvalue weighted by Crippen LogP contribution is -2.56. The number of nitro groups is 1. The van der Waals surface area contributed by atoms with Gasteiger partial charge in [-0.25, -0.2) is 10.1 Å². The maximum absolute atomic E-state index is 11.1. The molecule has 0 aromatic heterocycles. The van der Waals surface area contributed by atoms with E-state index in [1.807, 2.05) is 0 Å². The van der Waals surface area contributed by atoms with Gasteiger partial charge in [0.2, 0.25) is 0 Å². The lowest BCUT2D eigenvalue weighted by Gasteiger charge is -2.27. The van der Waals surface area contributed by atoms with Gasteiger partial charge in [-0.15, -0.1) is 0 Å². The van der Waals surface area contributed by atoms with Gasteiger partial charge in [0.25, 0.3) is 5.96 Å². The first-order valence-electron chi connectivity index (χ1n) is 4.70. The van der Waals surface area contributed by atoms with Crippen molar-refractivity contribution in [3.05, 3.63) is 10.1 Å². The SMILES string of the molecule is CCOC(=O)CN1CNC(=N[N+](=O)[O-])NC1. The lowest BCUT2D eigenvalue weighted by molar-refractivity contribution is -0.485. The number of nitrogens with zero attached hydrogens (tertiary/aromatic N) is 3. The number of nitrogens with one attached hydrogen (secondary N) is 2. The Kier molecular flexibility index (Phi) is 4.45. The Labute approximate surface area is 91.6 Å². The largest absolute Gasteiger partial charge is 0.465 e. The number of guanidine groups is 1. The van der Waals surface area contributed by atoms with Gasteiger partial charge in [0.15, 0.2) is 5.03 Å². The topological polar surface area (TPSA) is 109 Å². The summed E-state index contributed by atoms with van der Waals surface area (Å²) in [6, 6.07) is 0. The normalized spacial score (nSPS) is 15.9. The van der Waals surface area contributed by atoms with E-state index >= 15 is 0 Å². The molecule has 1 aliphatic rings. The second-order valence-corrected chi connectivity index (χ2v) is 2.99. The molecule has 16 heavy (non-hydrogen) atoms. The lowest BCUT2D eigenvalue weighted by atomic mass is 10.5. The van der Waals surface area contributed by atoms with Crippen LogP contribution in [0.3, 0.4) is 0 Å². The van der Waals surface area contributed by atoms with Crippen LogP contribution in [0.2, 0.25) is 0 Å². The summed E-state index contributed by atoms with van der Waals surface area (Å²) < 4.78 is 4.76. The number of carbonyl (C=O) groups is 1. The average Bonchev–Trinajstić information content (AvgIpc) is 2.20. The molecule has 1 heterocycles. The number of ether oxygens (including phenoxy) is 1. The molecule has 1 fully saturated rings. The molecular formula is C7H13N5O4. The Bertz CT molecular complexity index is 295. The van der Waals surface area contributed by atoms with Gasteiger partial charge in [0, 0.05) is 0 Å². The van der Waals surface area contributed by atoms with Gasteiger partial charge in [-0.3, -0.25) is 9.69 Å². The van der Waals surface area contributed by atoms with Crippen LogP contribution < -0.4 is 10.6 Å². The van der Waals surface area contributed by atoms with Crippen LogP contribution in [0.5, 0.6) is 0 Å². The maximum Gasteiger partial charge on any atom is 0.320 e. The van der Waals surface area contributed by atoms with Crippen LogP contribution in [0.25, 0.3) is 0 Å². The van der Waals surface area contributed by atoms with Crippen molar-refractivity contribution in [1.29, 1.82) is 0 Å². The Hall–Kier alpha value is -1.90. The van der Waals surface area contributed by atoms with Crippen molar-refractivity contribution in [3.8, 4) is 0 Å². The van der Waals surface area contributed by atoms with Crippen molar-refractivity contribution in [3.63, 3.8) is 0 Å².